The molecule has 0 aromatic heterocycles. The highest BCUT2D eigenvalue weighted by Crippen LogP contribution is 2.28. The summed E-state index contributed by atoms with van der Waals surface area (Å²) in [6.07, 6.45) is 1.07. The van der Waals surface area contributed by atoms with Crippen LogP contribution in [0.5, 0.6) is 11.5 Å². The number of carbonyl (C=O) groups excluding carboxylic acids is 1. The van der Waals surface area contributed by atoms with Gasteiger partial charge in [-0.25, -0.2) is 8.42 Å². The number of halogens is 1. The normalized spacial score (nSPS) is 11.4. The molecule has 0 atom stereocenters. The van der Waals surface area contributed by atoms with Crippen molar-refractivity contribution < 1.29 is 22.7 Å². The van der Waals surface area contributed by atoms with Crippen molar-refractivity contribution >= 4 is 27.5 Å². The molecule has 0 saturated carbocycles. The minimum Gasteiger partial charge on any atom is -0.490 e. The standard InChI is InChI=1S/C21H27ClN2O5S/c1-4-28-19-11-10-16(12-20(19)29-5-2)13-23-21(25)15-24(30(3,26)27)14-17-8-6-7-9-18(17)22/h6-12H,4-5,13-15H2,1-3H3,(H,23,25). The average molecular weight is 455 g/mol. The van der Waals surface area contributed by atoms with Crippen LogP contribution < -0.4 is 14.8 Å². The van der Waals surface area contributed by atoms with Gasteiger partial charge in [0.25, 0.3) is 0 Å². The van der Waals surface area contributed by atoms with Gasteiger partial charge in [0.15, 0.2) is 11.5 Å². The van der Waals surface area contributed by atoms with Crippen molar-refractivity contribution in [3.63, 3.8) is 0 Å². The minimum atomic E-state index is -3.61. The molecule has 164 valence electrons. The van der Waals surface area contributed by atoms with E-state index in [0.29, 0.717) is 35.3 Å². The van der Waals surface area contributed by atoms with E-state index in [-0.39, 0.29) is 19.6 Å². The molecule has 7 nitrogen and oxygen atoms in total. The van der Waals surface area contributed by atoms with Crippen LogP contribution in [-0.4, -0.2) is 44.6 Å². The lowest BCUT2D eigenvalue weighted by atomic mass is 10.2. The topological polar surface area (TPSA) is 84.9 Å². The van der Waals surface area contributed by atoms with Crippen LogP contribution in [0.2, 0.25) is 5.02 Å². The monoisotopic (exact) mass is 454 g/mol. The highest BCUT2D eigenvalue weighted by molar-refractivity contribution is 7.88. The number of carbonyl (C=O) groups is 1. The smallest absolute Gasteiger partial charge is 0.235 e. The van der Waals surface area contributed by atoms with Crippen LogP contribution in [0.1, 0.15) is 25.0 Å². The van der Waals surface area contributed by atoms with Crippen LogP contribution in [-0.2, 0) is 27.9 Å². The molecule has 0 spiro atoms. The molecule has 0 unspecified atom stereocenters. The first-order chi connectivity index (χ1) is 14.2. The van der Waals surface area contributed by atoms with E-state index < -0.39 is 15.9 Å². The van der Waals surface area contributed by atoms with E-state index in [0.717, 1.165) is 16.1 Å². The fourth-order valence-corrected chi connectivity index (χ4v) is 3.65. The molecule has 0 saturated heterocycles. The van der Waals surface area contributed by atoms with E-state index >= 15 is 0 Å². The summed E-state index contributed by atoms with van der Waals surface area (Å²) in [6, 6.07) is 12.3. The van der Waals surface area contributed by atoms with Crippen molar-refractivity contribution in [3.05, 3.63) is 58.6 Å². The zero-order chi connectivity index (χ0) is 22.1. The van der Waals surface area contributed by atoms with Gasteiger partial charge in [0.1, 0.15) is 0 Å². The first-order valence-corrected chi connectivity index (χ1v) is 11.8. The van der Waals surface area contributed by atoms with Gasteiger partial charge in [0, 0.05) is 18.1 Å². The van der Waals surface area contributed by atoms with Crippen molar-refractivity contribution in [1.82, 2.24) is 9.62 Å². The summed E-state index contributed by atoms with van der Waals surface area (Å²) in [7, 11) is -3.61. The van der Waals surface area contributed by atoms with E-state index in [4.69, 9.17) is 21.1 Å². The number of amides is 1. The third-order valence-electron chi connectivity index (χ3n) is 4.19. The molecule has 0 aliphatic carbocycles. The van der Waals surface area contributed by atoms with Gasteiger partial charge >= 0.3 is 0 Å². The largest absolute Gasteiger partial charge is 0.490 e. The number of ether oxygens (including phenoxy) is 2. The van der Waals surface area contributed by atoms with E-state index in [1.165, 1.54) is 0 Å². The lowest BCUT2D eigenvalue weighted by molar-refractivity contribution is -0.121. The molecule has 0 radical (unpaired) electrons. The number of hydrogen-bond donors (Lipinski definition) is 1. The quantitative estimate of drug-likeness (QED) is 0.563. The van der Waals surface area contributed by atoms with Crippen LogP contribution >= 0.6 is 11.6 Å². The lowest BCUT2D eigenvalue weighted by Gasteiger charge is -2.20. The van der Waals surface area contributed by atoms with Gasteiger partial charge in [-0.1, -0.05) is 35.9 Å². The Morgan fingerprint density at radius 3 is 2.37 bits per heavy atom. The Kier molecular flexibility index (Phi) is 8.95. The molecule has 1 amide bonds. The molecule has 30 heavy (non-hydrogen) atoms. The fraction of sp³-hybridized carbons (Fsp3) is 0.381. The lowest BCUT2D eigenvalue weighted by Crippen LogP contribution is -2.39. The van der Waals surface area contributed by atoms with E-state index in [1.54, 1.807) is 36.4 Å². The molecule has 2 aromatic carbocycles. The van der Waals surface area contributed by atoms with E-state index in [1.807, 2.05) is 19.9 Å². The summed E-state index contributed by atoms with van der Waals surface area (Å²) in [6.45, 7) is 4.71. The Balaban J connectivity index is 2.04. The number of nitrogens with one attached hydrogen (secondary N) is 1. The maximum absolute atomic E-state index is 12.4. The van der Waals surface area contributed by atoms with Crippen molar-refractivity contribution in [2.45, 2.75) is 26.9 Å². The van der Waals surface area contributed by atoms with Crippen LogP contribution in [0.3, 0.4) is 0 Å². The Bertz CT molecular complexity index is 966. The second-order valence-corrected chi connectivity index (χ2v) is 8.94. The summed E-state index contributed by atoms with van der Waals surface area (Å²) in [5.74, 6) is 0.819. The van der Waals surface area contributed by atoms with Crippen molar-refractivity contribution in [3.8, 4) is 11.5 Å². The van der Waals surface area contributed by atoms with E-state index in [9.17, 15) is 13.2 Å². The molecule has 2 rings (SSSR count). The molecule has 1 N–H and O–H groups in total. The number of nitrogens with zero attached hydrogens (tertiary/aromatic N) is 1. The van der Waals surface area contributed by atoms with Crippen molar-refractivity contribution in [2.75, 3.05) is 26.0 Å². The van der Waals surface area contributed by atoms with Crippen molar-refractivity contribution in [1.29, 1.82) is 0 Å². The van der Waals surface area contributed by atoms with Crippen LogP contribution in [0.15, 0.2) is 42.5 Å². The third-order valence-corrected chi connectivity index (χ3v) is 5.76. The molecule has 0 bridgehead atoms. The molecule has 0 aliphatic rings. The van der Waals surface area contributed by atoms with Gasteiger partial charge in [0.05, 0.1) is 26.0 Å². The van der Waals surface area contributed by atoms with Crippen LogP contribution in [0, 0.1) is 0 Å². The summed E-state index contributed by atoms with van der Waals surface area (Å²) in [5, 5.41) is 3.20. The molecular formula is C21H27ClN2O5S. The third kappa shape index (κ3) is 7.19. The summed E-state index contributed by atoms with van der Waals surface area (Å²) in [5.41, 5.74) is 1.44. The SMILES string of the molecule is CCOc1ccc(CNC(=O)CN(Cc2ccccc2Cl)S(C)(=O)=O)cc1OCC. The summed E-state index contributed by atoms with van der Waals surface area (Å²) in [4.78, 5) is 12.4. The van der Waals surface area contributed by atoms with Crippen LogP contribution in [0.4, 0.5) is 0 Å². The summed E-state index contributed by atoms with van der Waals surface area (Å²) < 4.78 is 36.5. The van der Waals surface area contributed by atoms with Crippen molar-refractivity contribution in [2.24, 2.45) is 0 Å². The Morgan fingerprint density at radius 1 is 1.07 bits per heavy atom. The average Bonchev–Trinajstić information content (AvgIpc) is 2.69. The zero-order valence-corrected chi connectivity index (χ0v) is 18.9. The molecule has 9 heteroatoms. The number of hydrogen-bond acceptors (Lipinski definition) is 5. The molecular weight excluding hydrogens is 428 g/mol. The van der Waals surface area contributed by atoms with Gasteiger partial charge in [-0.05, 0) is 43.2 Å². The Morgan fingerprint density at radius 2 is 1.73 bits per heavy atom. The molecule has 0 heterocycles. The predicted molar refractivity (Wildman–Crippen MR) is 117 cm³/mol. The second-order valence-electron chi connectivity index (χ2n) is 6.55. The molecule has 2 aromatic rings. The maximum atomic E-state index is 12.4. The Labute approximate surface area is 183 Å². The van der Waals surface area contributed by atoms with Gasteiger partial charge in [-0.2, -0.15) is 4.31 Å². The highest BCUT2D eigenvalue weighted by Gasteiger charge is 2.21. The Hall–Kier alpha value is -2.29. The first-order valence-electron chi connectivity index (χ1n) is 9.58. The zero-order valence-electron chi connectivity index (χ0n) is 17.4. The molecule has 0 fully saturated rings. The number of sulfonamides is 1. The van der Waals surface area contributed by atoms with E-state index in [2.05, 4.69) is 5.32 Å². The fourth-order valence-electron chi connectivity index (χ4n) is 2.73. The predicted octanol–water partition coefficient (Wildman–Crippen LogP) is 3.22. The maximum Gasteiger partial charge on any atom is 0.235 e. The van der Waals surface area contributed by atoms with Gasteiger partial charge in [-0.15, -0.1) is 0 Å². The summed E-state index contributed by atoms with van der Waals surface area (Å²) >= 11 is 6.13. The minimum absolute atomic E-state index is 0.0173. The van der Waals surface area contributed by atoms with Gasteiger partial charge < -0.3 is 14.8 Å². The number of benzene rings is 2. The second kappa shape index (κ2) is 11.2. The van der Waals surface area contributed by atoms with Gasteiger partial charge in [0.2, 0.25) is 15.9 Å². The van der Waals surface area contributed by atoms with Gasteiger partial charge in [-0.3, -0.25) is 4.79 Å². The number of rotatable bonds is 11. The van der Waals surface area contributed by atoms with Crippen LogP contribution in [0.25, 0.3) is 0 Å². The first kappa shape index (κ1) is 24.0. The highest BCUT2D eigenvalue weighted by atomic mass is 35.5. The molecule has 0 aliphatic heterocycles.